The summed E-state index contributed by atoms with van der Waals surface area (Å²) in [5, 5.41) is 13.9. The van der Waals surface area contributed by atoms with E-state index in [4.69, 9.17) is 4.74 Å². The van der Waals surface area contributed by atoms with Crippen molar-refractivity contribution in [3.05, 3.63) is 118 Å². The van der Waals surface area contributed by atoms with E-state index in [1.165, 1.54) is 0 Å². The minimum Gasteiger partial charge on any atom is -0.376 e. The Hall–Kier alpha value is -4.21. The predicted octanol–water partition coefficient (Wildman–Crippen LogP) is 4.19. The van der Waals surface area contributed by atoms with Crippen molar-refractivity contribution in [2.24, 2.45) is 0 Å². The van der Waals surface area contributed by atoms with Gasteiger partial charge in [-0.2, -0.15) is 0 Å². The molecule has 1 saturated heterocycles. The van der Waals surface area contributed by atoms with E-state index in [9.17, 15) is 4.79 Å². The van der Waals surface area contributed by atoms with Crippen LogP contribution in [0.2, 0.25) is 0 Å². The molecule has 1 aliphatic rings. The van der Waals surface area contributed by atoms with Gasteiger partial charge in [-0.3, -0.25) is 14.7 Å². The second kappa shape index (κ2) is 11.3. The van der Waals surface area contributed by atoms with Crippen LogP contribution >= 0.6 is 0 Å². The lowest BCUT2D eigenvalue weighted by atomic mass is 10.0. The molecule has 5 aromatic rings. The molecule has 39 heavy (non-hydrogen) atoms. The first-order valence-electron chi connectivity index (χ1n) is 13.3. The van der Waals surface area contributed by atoms with E-state index in [1.807, 2.05) is 72.4 Å². The third-order valence-corrected chi connectivity index (χ3v) is 7.32. The molecule has 3 aromatic heterocycles. The van der Waals surface area contributed by atoms with Gasteiger partial charge in [-0.05, 0) is 64.4 Å². The monoisotopic (exact) mass is 521 g/mol. The number of H-pyrrole nitrogens is 1. The second-order valence-electron chi connectivity index (χ2n) is 10.1. The Morgan fingerprint density at radius 3 is 2.72 bits per heavy atom. The van der Waals surface area contributed by atoms with Gasteiger partial charge in [0.15, 0.2) is 5.82 Å². The maximum absolute atomic E-state index is 13.8. The topological polar surface area (TPSA) is 102 Å². The number of aryl methyl sites for hydroxylation is 1. The van der Waals surface area contributed by atoms with Crippen LogP contribution in [-0.4, -0.2) is 47.8 Å². The van der Waals surface area contributed by atoms with Crippen LogP contribution < -0.4 is 5.56 Å². The summed E-state index contributed by atoms with van der Waals surface area (Å²) in [7, 11) is 0. The summed E-state index contributed by atoms with van der Waals surface area (Å²) in [5.74, 6) is 0.614. The average Bonchev–Trinajstić information content (AvgIpc) is 3.64. The van der Waals surface area contributed by atoms with E-state index in [1.54, 1.807) is 6.20 Å². The molecule has 1 N–H and O–H groups in total. The molecule has 6 rings (SSSR count). The maximum atomic E-state index is 13.8. The fourth-order valence-corrected chi connectivity index (χ4v) is 5.40. The summed E-state index contributed by atoms with van der Waals surface area (Å²) in [6.45, 7) is 4.41. The van der Waals surface area contributed by atoms with Crippen LogP contribution in [0.25, 0.3) is 10.9 Å². The average molecular weight is 522 g/mol. The minimum atomic E-state index is -0.518. The first-order chi connectivity index (χ1) is 19.2. The highest BCUT2D eigenvalue weighted by molar-refractivity contribution is 5.82. The van der Waals surface area contributed by atoms with Gasteiger partial charge in [0, 0.05) is 37.7 Å². The Morgan fingerprint density at radius 2 is 1.92 bits per heavy atom. The van der Waals surface area contributed by atoms with Gasteiger partial charge >= 0.3 is 0 Å². The number of ether oxygens (including phenoxy) is 1. The SMILES string of the molecule is Cc1cccc2cc([C@@H](c3nnnn3C[C@H]3CCCO3)N(Cc3ccccc3)Cc3cccnc3)c(=O)[nH]c12. The van der Waals surface area contributed by atoms with Gasteiger partial charge in [0.05, 0.1) is 18.2 Å². The molecule has 2 atom stereocenters. The molecule has 0 radical (unpaired) electrons. The van der Waals surface area contributed by atoms with Gasteiger partial charge in [0.25, 0.3) is 5.56 Å². The van der Waals surface area contributed by atoms with Crippen molar-refractivity contribution in [1.82, 2.24) is 35.1 Å². The Morgan fingerprint density at radius 1 is 1.08 bits per heavy atom. The molecule has 0 saturated carbocycles. The molecule has 1 fully saturated rings. The van der Waals surface area contributed by atoms with Crippen LogP contribution in [0.3, 0.4) is 0 Å². The quantitative estimate of drug-likeness (QED) is 0.310. The van der Waals surface area contributed by atoms with Gasteiger partial charge in [-0.1, -0.05) is 54.6 Å². The highest BCUT2D eigenvalue weighted by Gasteiger charge is 2.32. The molecule has 1 aliphatic heterocycles. The Balaban J connectivity index is 1.51. The zero-order valence-corrected chi connectivity index (χ0v) is 21.9. The van der Waals surface area contributed by atoms with Crippen molar-refractivity contribution in [2.45, 2.75) is 51.5 Å². The Labute approximate surface area is 226 Å². The number of fused-ring (bicyclic) bond motifs is 1. The summed E-state index contributed by atoms with van der Waals surface area (Å²) in [5.41, 5.74) is 4.45. The summed E-state index contributed by atoms with van der Waals surface area (Å²) < 4.78 is 7.71. The number of aromatic amines is 1. The molecule has 4 heterocycles. The lowest BCUT2D eigenvalue weighted by Gasteiger charge is -2.31. The van der Waals surface area contributed by atoms with Crippen LogP contribution in [0.1, 0.15) is 47.0 Å². The first-order valence-corrected chi connectivity index (χ1v) is 13.3. The molecule has 0 amide bonds. The van der Waals surface area contributed by atoms with Gasteiger partial charge < -0.3 is 9.72 Å². The fourth-order valence-electron chi connectivity index (χ4n) is 5.40. The smallest absolute Gasteiger partial charge is 0.253 e. The van der Waals surface area contributed by atoms with Crippen LogP contribution in [0, 0.1) is 6.92 Å². The van der Waals surface area contributed by atoms with Crippen molar-refractivity contribution in [3.8, 4) is 0 Å². The number of nitrogens with zero attached hydrogens (tertiary/aromatic N) is 6. The third kappa shape index (κ3) is 5.50. The molecular weight excluding hydrogens is 490 g/mol. The summed E-state index contributed by atoms with van der Waals surface area (Å²) >= 11 is 0. The number of tetrazole rings is 1. The Kier molecular flexibility index (Phi) is 7.25. The predicted molar refractivity (Wildman–Crippen MR) is 148 cm³/mol. The molecule has 2 aromatic carbocycles. The van der Waals surface area contributed by atoms with E-state index in [0.717, 1.165) is 47.0 Å². The van der Waals surface area contributed by atoms with Gasteiger partial charge in [0.2, 0.25) is 0 Å². The largest absolute Gasteiger partial charge is 0.376 e. The number of para-hydroxylation sites is 1. The van der Waals surface area contributed by atoms with Crippen molar-refractivity contribution in [2.75, 3.05) is 6.61 Å². The molecule has 0 unspecified atom stereocenters. The molecule has 0 spiro atoms. The van der Waals surface area contributed by atoms with E-state index in [2.05, 4.69) is 42.5 Å². The normalized spacial score (nSPS) is 16.2. The second-order valence-corrected chi connectivity index (χ2v) is 10.1. The van der Waals surface area contributed by atoms with Crippen molar-refractivity contribution < 1.29 is 4.74 Å². The first kappa shape index (κ1) is 25.1. The number of hydrogen-bond donors (Lipinski definition) is 1. The van der Waals surface area contributed by atoms with Gasteiger partial charge in [-0.15, -0.1) is 5.10 Å². The van der Waals surface area contributed by atoms with Gasteiger partial charge in [0.1, 0.15) is 6.04 Å². The molecule has 9 nitrogen and oxygen atoms in total. The van der Waals surface area contributed by atoms with Crippen LogP contribution in [0.4, 0.5) is 0 Å². The third-order valence-electron chi connectivity index (χ3n) is 7.32. The van der Waals surface area contributed by atoms with Gasteiger partial charge in [-0.25, -0.2) is 4.68 Å². The number of nitrogens with one attached hydrogen (secondary N) is 1. The van der Waals surface area contributed by atoms with Crippen LogP contribution in [0.5, 0.6) is 0 Å². The van der Waals surface area contributed by atoms with Crippen LogP contribution in [-0.2, 0) is 24.4 Å². The summed E-state index contributed by atoms with van der Waals surface area (Å²) in [6, 6.07) is 21.7. The van der Waals surface area contributed by atoms with E-state index in [0.29, 0.717) is 31.0 Å². The van der Waals surface area contributed by atoms with Crippen molar-refractivity contribution >= 4 is 10.9 Å². The fraction of sp³-hybridized carbons (Fsp3) is 0.300. The van der Waals surface area contributed by atoms with E-state index in [-0.39, 0.29) is 11.7 Å². The zero-order chi connectivity index (χ0) is 26.6. The number of benzene rings is 2. The maximum Gasteiger partial charge on any atom is 0.253 e. The standard InChI is InChI=1S/C30H31N7O2/c1-21-8-5-12-24-16-26(30(38)32-27(21)24)28(29-33-34-35-37(29)20-25-13-7-15-39-25)36(18-22-9-3-2-4-10-22)19-23-11-6-14-31-17-23/h2-6,8-12,14,16-17,25,28H,7,13,15,18-20H2,1H3,(H,32,38)/t25-,28+/m1/s1. The number of hydrogen-bond acceptors (Lipinski definition) is 7. The van der Waals surface area contributed by atoms with E-state index < -0.39 is 6.04 Å². The highest BCUT2D eigenvalue weighted by atomic mass is 16.5. The minimum absolute atomic E-state index is 0.0475. The number of pyridine rings is 2. The summed E-state index contributed by atoms with van der Waals surface area (Å²) in [6.07, 6.45) is 5.66. The van der Waals surface area contributed by atoms with Crippen molar-refractivity contribution in [1.29, 1.82) is 0 Å². The van der Waals surface area contributed by atoms with Crippen molar-refractivity contribution in [3.63, 3.8) is 0 Å². The number of rotatable bonds is 9. The van der Waals surface area contributed by atoms with Crippen LogP contribution in [0.15, 0.2) is 83.9 Å². The van der Waals surface area contributed by atoms with E-state index >= 15 is 0 Å². The number of aromatic nitrogens is 6. The zero-order valence-electron chi connectivity index (χ0n) is 21.9. The lowest BCUT2D eigenvalue weighted by Crippen LogP contribution is -2.35. The highest BCUT2D eigenvalue weighted by Crippen LogP contribution is 2.31. The molecular formula is C30H31N7O2. The summed E-state index contributed by atoms with van der Waals surface area (Å²) in [4.78, 5) is 23.5. The molecule has 0 bridgehead atoms. The Bertz CT molecular complexity index is 1550. The molecule has 198 valence electrons. The molecule has 0 aliphatic carbocycles. The lowest BCUT2D eigenvalue weighted by molar-refractivity contribution is 0.0903. The molecule has 9 heteroatoms.